The molecule has 0 atom stereocenters. The van der Waals surface area contributed by atoms with Gasteiger partial charge in [0.25, 0.3) is 0 Å². The molecule has 2 aromatic heterocycles. The second-order valence-corrected chi connectivity index (χ2v) is 9.68. The number of H-pyrrole nitrogens is 1. The number of phenolic OH excluding ortho intramolecular Hbond substituents is 1. The van der Waals surface area contributed by atoms with Gasteiger partial charge in [-0.15, -0.1) is 0 Å². The Bertz CT molecular complexity index is 1330. The van der Waals surface area contributed by atoms with Gasteiger partial charge in [-0.2, -0.15) is 0 Å². The molecule has 0 bridgehead atoms. The summed E-state index contributed by atoms with van der Waals surface area (Å²) in [5.41, 5.74) is 5.10. The zero-order valence-electron chi connectivity index (χ0n) is 19.8. The number of methoxy groups -OCH3 is 1. The normalized spacial score (nSPS) is 16.9. The Labute approximate surface area is 204 Å². The highest BCUT2D eigenvalue weighted by Crippen LogP contribution is 2.42. The van der Waals surface area contributed by atoms with Gasteiger partial charge in [-0.25, -0.2) is 4.98 Å². The fraction of sp³-hybridized carbons (Fsp3) is 0.333. The van der Waals surface area contributed by atoms with E-state index in [4.69, 9.17) is 14.5 Å². The van der Waals surface area contributed by atoms with Gasteiger partial charge >= 0.3 is 0 Å². The maximum Gasteiger partial charge on any atom is 0.142 e. The van der Waals surface area contributed by atoms with Crippen molar-refractivity contribution in [3.8, 4) is 22.9 Å². The van der Waals surface area contributed by atoms with E-state index in [2.05, 4.69) is 31.9 Å². The minimum Gasteiger partial charge on any atom is -0.507 e. The average Bonchev–Trinajstić information content (AvgIpc) is 3.24. The van der Waals surface area contributed by atoms with Crippen LogP contribution in [0.3, 0.4) is 0 Å². The van der Waals surface area contributed by atoms with Gasteiger partial charge in [0.15, 0.2) is 0 Å². The number of aromatic hydroxyl groups is 1. The lowest BCUT2D eigenvalue weighted by molar-refractivity contribution is -0.0327. The summed E-state index contributed by atoms with van der Waals surface area (Å²) >= 11 is 0. The van der Waals surface area contributed by atoms with E-state index in [-0.39, 0.29) is 5.75 Å². The van der Waals surface area contributed by atoms with Crippen molar-refractivity contribution in [1.82, 2.24) is 19.9 Å². The van der Waals surface area contributed by atoms with Crippen LogP contribution in [0.5, 0.6) is 11.5 Å². The number of rotatable bonds is 8. The fourth-order valence-corrected chi connectivity index (χ4v) is 5.20. The van der Waals surface area contributed by atoms with Crippen LogP contribution in [0.25, 0.3) is 22.4 Å². The molecule has 0 amide bonds. The summed E-state index contributed by atoms with van der Waals surface area (Å²) in [6, 6.07) is 15.5. The molecule has 4 aromatic rings. The van der Waals surface area contributed by atoms with Crippen molar-refractivity contribution in [2.45, 2.75) is 6.61 Å². The molecule has 2 saturated heterocycles. The largest absolute Gasteiger partial charge is 0.507 e. The van der Waals surface area contributed by atoms with Gasteiger partial charge in [-0.05, 0) is 36.4 Å². The second-order valence-electron chi connectivity index (χ2n) is 9.68. The van der Waals surface area contributed by atoms with E-state index < -0.39 is 0 Å². The summed E-state index contributed by atoms with van der Waals surface area (Å²) in [5.74, 6) is 1.36. The van der Waals surface area contributed by atoms with Gasteiger partial charge in [0.1, 0.15) is 23.9 Å². The smallest absolute Gasteiger partial charge is 0.142 e. The zero-order valence-corrected chi connectivity index (χ0v) is 19.8. The van der Waals surface area contributed by atoms with Crippen molar-refractivity contribution in [3.05, 3.63) is 66.5 Å². The highest BCUT2D eigenvalue weighted by molar-refractivity contribution is 5.84. The van der Waals surface area contributed by atoms with Crippen LogP contribution in [0.4, 0.5) is 5.69 Å². The first-order chi connectivity index (χ1) is 17.1. The van der Waals surface area contributed by atoms with Gasteiger partial charge in [0.05, 0.1) is 23.2 Å². The molecule has 4 heterocycles. The number of hydrogen-bond donors (Lipinski definition) is 2. The number of anilines is 1. The molecule has 35 heavy (non-hydrogen) atoms. The number of imidazole rings is 1. The fourth-order valence-electron chi connectivity index (χ4n) is 5.20. The Morgan fingerprint density at radius 1 is 1.09 bits per heavy atom. The third kappa shape index (κ3) is 4.31. The number of pyridine rings is 1. The van der Waals surface area contributed by atoms with E-state index in [1.165, 1.54) is 5.69 Å². The van der Waals surface area contributed by atoms with Gasteiger partial charge in [-0.3, -0.25) is 9.88 Å². The number of ether oxygens (including phenoxy) is 2. The highest BCUT2D eigenvalue weighted by Gasteiger charge is 2.51. The number of benzene rings is 2. The first kappa shape index (κ1) is 21.9. The summed E-state index contributed by atoms with van der Waals surface area (Å²) in [6.07, 6.45) is 3.49. The standard InChI is InChI=1S/C27H29N5O3/c1-34-10-9-31-15-27(16-31)17-32(18-27)20-4-7-23-24(11-20)30-26(29-23)22-6-5-21(12-25(22)33)35-14-19-3-2-8-28-13-19/h2-8,11-13,33H,9-10,14-18H2,1H3,(H,29,30). The molecule has 0 saturated carbocycles. The topological polar surface area (TPSA) is 86.7 Å². The maximum atomic E-state index is 10.7. The molecular weight excluding hydrogens is 442 g/mol. The molecule has 0 radical (unpaired) electrons. The van der Waals surface area contributed by atoms with Crippen molar-refractivity contribution in [3.63, 3.8) is 0 Å². The SMILES string of the molecule is COCCN1CC2(C1)CN(c1ccc3nc(-c4ccc(OCc5cccnc5)cc4O)[nH]c3c1)C2. The summed E-state index contributed by atoms with van der Waals surface area (Å²) in [6.45, 7) is 6.70. The second kappa shape index (κ2) is 8.87. The number of fused-ring (bicyclic) bond motifs is 1. The number of nitrogens with one attached hydrogen (secondary N) is 1. The van der Waals surface area contributed by atoms with Gasteiger partial charge in [0.2, 0.25) is 0 Å². The molecule has 2 aromatic carbocycles. The summed E-state index contributed by atoms with van der Waals surface area (Å²) in [4.78, 5) is 17.1. The predicted octanol–water partition coefficient (Wildman–Crippen LogP) is 3.68. The van der Waals surface area contributed by atoms with E-state index in [9.17, 15) is 5.11 Å². The number of likely N-dealkylation sites (tertiary alicyclic amines) is 1. The molecule has 180 valence electrons. The van der Waals surface area contributed by atoms with Crippen LogP contribution in [0.15, 0.2) is 60.9 Å². The number of phenols is 1. The lowest BCUT2D eigenvalue weighted by Gasteiger charge is -2.61. The van der Waals surface area contributed by atoms with Crippen molar-refractivity contribution in [1.29, 1.82) is 0 Å². The van der Waals surface area contributed by atoms with Crippen LogP contribution >= 0.6 is 0 Å². The van der Waals surface area contributed by atoms with Crippen LogP contribution in [0.1, 0.15) is 5.56 Å². The van der Waals surface area contributed by atoms with Crippen molar-refractivity contribution in [2.24, 2.45) is 5.41 Å². The molecule has 2 N–H and O–H groups in total. The number of nitrogens with zero attached hydrogens (tertiary/aromatic N) is 4. The molecule has 2 aliphatic rings. The monoisotopic (exact) mass is 471 g/mol. The molecule has 0 aliphatic carbocycles. The predicted molar refractivity (Wildman–Crippen MR) is 135 cm³/mol. The van der Waals surface area contributed by atoms with Crippen LogP contribution in [0, 0.1) is 5.41 Å². The Kier molecular flexibility index (Phi) is 5.54. The van der Waals surface area contributed by atoms with E-state index in [0.717, 1.165) is 55.9 Å². The quantitative estimate of drug-likeness (QED) is 0.405. The van der Waals surface area contributed by atoms with E-state index >= 15 is 0 Å². The minimum atomic E-state index is 0.126. The first-order valence-electron chi connectivity index (χ1n) is 11.9. The molecule has 8 heteroatoms. The zero-order chi connectivity index (χ0) is 23.8. The number of aromatic amines is 1. The number of hydrogen-bond acceptors (Lipinski definition) is 7. The molecule has 8 nitrogen and oxygen atoms in total. The summed E-state index contributed by atoms with van der Waals surface area (Å²) in [5, 5.41) is 10.7. The first-order valence-corrected chi connectivity index (χ1v) is 11.9. The van der Waals surface area contributed by atoms with Crippen LogP contribution in [-0.2, 0) is 11.3 Å². The molecule has 1 spiro atoms. The third-order valence-electron chi connectivity index (χ3n) is 6.97. The average molecular weight is 472 g/mol. The number of aromatic nitrogens is 3. The molecule has 0 unspecified atom stereocenters. The Hall–Kier alpha value is -3.62. The Morgan fingerprint density at radius 3 is 2.74 bits per heavy atom. The lowest BCUT2D eigenvalue weighted by Crippen LogP contribution is -2.72. The van der Waals surface area contributed by atoms with Crippen molar-refractivity contribution in [2.75, 3.05) is 51.3 Å². The molecule has 2 aliphatic heterocycles. The lowest BCUT2D eigenvalue weighted by atomic mass is 9.72. The molecule has 6 rings (SSSR count). The third-order valence-corrected chi connectivity index (χ3v) is 6.97. The van der Waals surface area contributed by atoms with Gasteiger partial charge < -0.3 is 24.5 Å². The van der Waals surface area contributed by atoms with Crippen LogP contribution in [0.2, 0.25) is 0 Å². The van der Waals surface area contributed by atoms with Gasteiger partial charge in [0, 0.05) is 75.0 Å². The van der Waals surface area contributed by atoms with E-state index in [0.29, 0.717) is 29.2 Å². The molecular formula is C27H29N5O3. The molecule has 2 fully saturated rings. The van der Waals surface area contributed by atoms with Crippen molar-refractivity contribution < 1.29 is 14.6 Å². The minimum absolute atomic E-state index is 0.126. The Morgan fingerprint density at radius 2 is 1.97 bits per heavy atom. The maximum absolute atomic E-state index is 10.7. The van der Waals surface area contributed by atoms with Crippen molar-refractivity contribution >= 4 is 16.7 Å². The van der Waals surface area contributed by atoms with Crippen LogP contribution < -0.4 is 9.64 Å². The van der Waals surface area contributed by atoms with E-state index in [1.54, 1.807) is 25.6 Å². The summed E-state index contributed by atoms with van der Waals surface area (Å²) in [7, 11) is 1.76. The van der Waals surface area contributed by atoms with Crippen LogP contribution in [-0.4, -0.2) is 71.4 Å². The summed E-state index contributed by atoms with van der Waals surface area (Å²) < 4.78 is 11.0. The Balaban J connectivity index is 1.12. The van der Waals surface area contributed by atoms with Gasteiger partial charge in [-0.1, -0.05) is 6.07 Å². The van der Waals surface area contributed by atoms with E-state index in [1.807, 2.05) is 30.3 Å². The highest BCUT2D eigenvalue weighted by atomic mass is 16.5.